The van der Waals surface area contributed by atoms with E-state index in [4.69, 9.17) is 10.5 Å². The lowest BCUT2D eigenvalue weighted by Gasteiger charge is -2.27. The van der Waals surface area contributed by atoms with Crippen LogP contribution >= 0.6 is 24.0 Å². The highest BCUT2D eigenvalue weighted by Crippen LogP contribution is 2.00. The molecule has 1 fully saturated rings. The van der Waals surface area contributed by atoms with Crippen LogP contribution in [0.2, 0.25) is 0 Å². The minimum absolute atomic E-state index is 0. The van der Waals surface area contributed by atoms with E-state index in [1.165, 1.54) is 10.6 Å². The van der Waals surface area contributed by atoms with E-state index >= 15 is 0 Å². The smallest absolute Gasteiger partial charge is 0.211 e. The number of nitrogens with two attached hydrogens (primary N) is 1. The van der Waals surface area contributed by atoms with Gasteiger partial charge in [0, 0.05) is 32.7 Å². The van der Waals surface area contributed by atoms with Gasteiger partial charge in [0.2, 0.25) is 10.0 Å². The third kappa shape index (κ3) is 7.04. The van der Waals surface area contributed by atoms with Gasteiger partial charge in [0.15, 0.2) is 5.96 Å². The number of hydrogen-bond donors (Lipinski definition) is 1. The van der Waals surface area contributed by atoms with E-state index in [1.54, 1.807) is 0 Å². The topological polar surface area (TPSA) is 88.2 Å². The van der Waals surface area contributed by atoms with Gasteiger partial charge in [-0.2, -0.15) is 0 Å². The maximum atomic E-state index is 11.4. The van der Waals surface area contributed by atoms with Crippen LogP contribution < -0.4 is 5.73 Å². The first kappa shape index (κ1) is 19.9. The predicted octanol–water partition coefficient (Wildman–Crippen LogP) is -0.0771. The molecule has 0 aliphatic carbocycles. The number of aliphatic imine (C=N–C) groups is 1. The highest BCUT2D eigenvalue weighted by atomic mass is 127. The van der Waals surface area contributed by atoms with Crippen LogP contribution in [0.5, 0.6) is 0 Å². The molecule has 0 aromatic rings. The lowest BCUT2D eigenvalue weighted by molar-refractivity contribution is 0.0674. The van der Waals surface area contributed by atoms with E-state index in [2.05, 4.69) is 4.99 Å². The molecule has 20 heavy (non-hydrogen) atoms. The monoisotopic (exact) mass is 420 g/mol. The molecule has 1 aliphatic rings. The summed E-state index contributed by atoms with van der Waals surface area (Å²) < 4.78 is 29.4. The minimum atomic E-state index is -3.11. The lowest BCUT2D eigenvalue weighted by atomic mass is 10.4. The second kappa shape index (κ2) is 9.74. The molecule has 0 bridgehead atoms. The van der Waals surface area contributed by atoms with Gasteiger partial charge in [0.1, 0.15) is 0 Å². The molecule has 1 rings (SSSR count). The first-order valence-electron chi connectivity index (χ1n) is 6.53. The molecular formula is C11H25IN4O3S. The van der Waals surface area contributed by atoms with Gasteiger partial charge in [-0.1, -0.05) is 6.92 Å². The number of morpholine rings is 1. The summed E-state index contributed by atoms with van der Waals surface area (Å²) in [7, 11) is -3.11. The number of ether oxygens (including phenoxy) is 1. The Balaban J connectivity index is 0.00000361. The number of hydrogen-bond acceptors (Lipinski definition) is 4. The number of nitrogens with zero attached hydrogens (tertiary/aromatic N) is 3. The van der Waals surface area contributed by atoms with Crippen molar-refractivity contribution in [1.29, 1.82) is 0 Å². The van der Waals surface area contributed by atoms with Gasteiger partial charge in [-0.05, 0) is 6.42 Å². The van der Waals surface area contributed by atoms with E-state index in [0.717, 1.165) is 13.1 Å². The van der Waals surface area contributed by atoms with Crippen molar-refractivity contribution in [3.63, 3.8) is 0 Å². The van der Waals surface area contributed by atoms with Gasteiger partial charge in [0.25, 0.3) is 0 Å². The van der Waals surface area contributed by atoms with Gasteiger partial charge in [-0.3, -0.25) is 4.99 Å². The second-order valence-electron chi connectivity index (χ2n) is 4.45. The molecule has 0 atom stereocenters. The molecule has 120 valence electrons. The zero-order chi connectivity index (χ0) is 14.3. The summed E-state index contributed by atoms with van der Waals surface area (Å²) in [6.07, 6.45) is 1.90. The van der Waals surface area contributed by atoms with Crippen molar-refractivity contribution in [3.8, 4) is 0 Å². The number of sulfonamides is 1. The van der Waals surface area contributed by atoms with Crippen LogP contribution in [0.3, 0.4) is 0 Å². The summed E-state index contributed by atoms with van der Waals surface area (Å²) in [6.45, 7) is 6.21. The normalized spacial score (nSPS) is 17.1. The molecule has 1 aliphatic heterocycles. The first-order valence-corrected chi connectivity index (χ1v) is 8.37. The van der Waals surface area contributed by atoms with Crippen molar-refractivity contribution in [3.05, 3.63) is 0 Å². The van der Waals surface area contributed by atoms with Gasteiger partial charge in [-0.25, -0.2) is 12.7 Å². The van der Waals surface area contributed by atoms with Crippen LogP contribution in [0.15, 0.2) is 4.99 Å². The summed E-state index contributed by atoms with van der Waals surface area (Å²) in [4.78, 5) is 6.26. The zero-order valence-corrected chi connectivity index (χ0v) is 15.3. The van der Waals surface area contributed by atoms with Gasteiger partial charge < -0.3 is 15.4 Å². The molecule has 9 heteroatoms. The average molecular weight is 420 g/mol. The summed E-state index contributed by atoms with van der Waals surface area (Å²) >= 11 is 0. The largest absolute Gasteiger partial charge is 0.378 e. The van der Waals surface area contributed by atoms with Crippen LogP contribution in [0.1, 0.15) is 13.3 Å². The molecule has 0 radical (unpaired) electrons. The molecule has 2 N–H and O–H groups in total. The van der Waals surface area contributed by atoms with Crippen LogP contribution in [0.25, 0.3) is 0 Å². The van der Waals surface area contributed by atoms with E-state index in [9.17, 15) is 8.42 Å². The van der Waals surface area contributed by atoms with E-state index < -0.39 is 10.0 Å². The molecule has 0 aromatic carbocycles. The van der Waals surface area contributed by atoms with Gasteiger partial charge in [-0.15, -0.1) is 24.0 Å². The number of guanidine groups is 1. The predicted molar refractivity (Wildman–Crippen MR) is 91.0 cm³/mol. The van der Waals surface area contributed by atoms with E-state index in [0.29, 0.717) is 45.2 Å². The lowest BCUT2D eigenvalue weighted by Crippen LogP contribution is -2.44. The first-order chi connectivity index (χ1) is 8.95. The van der Waals surface area contributed by atoms with Gasteiger partial charge >= 0.3 is 0 Å². The Morgan fingerprint density at radius 1 is 1.40 bits per heavy atom. The van der Waals surface area contributed by atoms with Crippen molar-refractivity contribution in [2.24, 2.45) is 10.7 Å². The Morgan fingerprint density at radius 3 is 2.50 bits per heavy atom. The van der Waals surface area contributed by atoms with Crippen LogP contribution in [-0.4, -0.2) is 75.8 Å². The Morgan fingerprint density at radius 2 is 2.00 bits per heavy atom. The Kier molecular flexibility index (Phi) is 9.68. The zero-order valence-electron chi connectivity index (χ0n) is 12.1. The molecule has 1 saturated heterocycles. The van der Waals surface area contributed by atoms with Crippen molar-refractivity contribution < 1.29 is 13.2 Å². The summed E-state index contributed by atoms with van der Waals surface area (Å²) in [5.41, 5.74) is 5.87. The summed E-state index contributed by atoms with van der Waals surface area (Å²) in [5.74, 6) is 0.519. The fourth-order valence-corrected chi connectivity index (χ4v) is 2.82. The van der Waals surface area contributed by atoms with Crippen molar-refractivity contribution in [2.75, 3.05) is 52.2 Å². The SMILES string of the molecule is CCN(CCCN=C(N)N1CCOCC1)S(C)(=O)=O.I. The second-order valence-corrected chi connectivity index (χ2v) is 6.43. The van der Waals surface area contributed by atoms with Crippen LogP contribution in [0.4, 0.5) is 0 Å². The van der Waals surface area contributed by atoms with Gasteiger partial charge in [0.05, 0.1) is 19.5 Å². The highest BCUT2D eigenvalue weighted by molar-refractivity contribution is 14.0. The molecule has 1 heterocycles. The van der Waals surface area contributed by atoms with E-state index in [-0.39, 0.29) is 24.0 Å². The minimum Gasteiger partial charge on any atom is -0.378 e. The van der Waals surface area contributed by atoms with Crippen LogP contribution in [-0.2, 0) is 14.8 Å². The van der Waals surface area contributed by atoms with Crippen molar-refractivity contribution in [2.45, 2.75) is 13.3 Å². The maximum Gasteiger partial charge on any atom is 0.211 e. The Bertz CT molecular complexity index is 396. The standard InChI is InChI=1S/C11H24N4O3S.HI/c1-3-15(19(2,16)17)6-4-5-13-11(12)14-7-9-18-10-8-14;/h3-10H2,1-2H3,(H2,12,13);1H. The summed E-state index contributed by atoms with van der Waals surface area (Å²) in [5, 5.41) is 0. The molecule has 7 nitrogen and oxygen atoms in total. The van der Waals surface area contributed by atoms with Crippen molar-refractivity contribution in [1.82, 2.24) is 9.21 Å². The third-order valence-electron chi connectivity index (χ3n) is 3.00. The molecule has 0 unspecified atom stereocenters. The summed E-state index contributed by atoms with van der Waals surface area (Å²) in [6, 6.07) is 0. The maximum absolute atomic E-state index is 11.4. The number of rotatable bonds is 6. The Hall–Kier alpha value is -0.130. The third-order valence-corrected chi connectivity index (χ3v) is 4.38. The molecule has 0 aromatic heterocycles. The molecule has 0 saturated carbocycles. The average Bonchev–Trinajstić information content (AvgIpc) is 2.38. The molecule has 0 spiro atoms. The molecule has 0 amide bonds. The fraction of sp³-hybridized carbons (Fsp3) is 0.909. The molecular weight excluding hydrogens is 395 g/mol. The highest BCUT2D eigenvalue weighted by Gasteiger charge is 2.14. The quantitative estimate of drug-likeness (QED) is 0.281. The van der Waals surface area contributed by atoms with E-state index in [1.807, 2.05) is 11.8 Å². The van der Waals surface area contributed by atoms with Crippen LogP contribution in [0, 0.1) is 0 Å². The fourth-order valence-electron chi connectivity index (χ4n) is 1.89. The van der Waals surface area contributed by atoms with Crippen molar-refractivity contribution >= 4 is 40.0 Å². The Labute approximate surface area is 138 Å². The number of halogens is 1.